The fraction of sp³-hybridized carbons (Fsp3) is 0.346. The summed E-state index contributed by atoms with van der Waals surface area (Å²) >= 11 is 0. The number of ether oxygens (including phenoxy) is 1. The largest absolute Gasteiger partial charge is 0.494 e. The van der Waals surface area contributed by atoms with E-state index in [1.165, 1.54) is 17.5 Å². The Morgan fingerprint density at radius 3 is 2.81 bits per heavy atom. The third-order valence-corrected chi connectivity index (χ3v) is 7.07. The summed E-state index contributed by atoms with van der Waals surface area (Å²) in [5.41, 5.74) is 15.6. The lowest BCUT2D eigenvalue weighted by Crippen LogP contribution is -2.14. The molecule has 2 aliphatic carbocycles. The van der Waals surface area contributed by atoms with Crippen LogP contribution in [0.3, 0.4) is 0 Å². The molecule has 2 atom stereocenters. The molecular formula is C26H27N5O. The number of aryl methyl sites for hydroxylation is 1. The first-order valence-corrected chi connectivity index (χ1v) is 11.5. The molecule has 1 saturated carbocycles. The minimum absolute atomic E-state index is 0.300. The Bertz CT molecular complexity index is 1290. The fourth-order valence-electron chi connectivity index (χ4n) is 5.39. The van der Waals surface area contributed by atoms with Gasteiger partial charge in [0.1, 0.15) is 22.7 Å². The highest BCUT2D eigenvalue weighted by Gasteiger charge is 2.25. The van der Waals surface area contributed by atoms with Crippen molar-refractivity contribution in [2.24, 2.45) is 5.73 Å². The number of benzene rings is 1. The topological polar surface area (TPSA) is 89.7 Å². The number of H-pyrrole nitrogens is 1. The van der Waals surface area contributed by atoms with E-state index in [0.717, 1.165) is 77.1 Å². The van der Waals surface area contributed by atoms with Gasteiger partial charge in [0.05, 0.1) is 12.6 Å². The fourth-order valence-corrected chi connectivity index (χ4v) is 5.39. The smallest absolute Gasteiger partial charge is 0.147 e. The number of rotatable bonds is 4. The van der Waals surface area contributed by atoms with E-state index >= 15 is 0 Å². The number of nitrogens with two attached hydrogens (primary N) is 1. The molecule has 0 spiro atoms. The normalized spacial score (nSPS) is 20.1. The van der Waals surface area contributed by atoms with Crippen LogP contribution in [0.5, 0.6) is 5.75 Å². The quantitative estimate of drug-likeness (QED) is 0.491. The monoisotopic (exact) mass is 425 g/mol. The molecule has 0 radical (unpaired) electrons. The Morgan fingerprint density at radius 2 is 2.03 bits per heavy atom. The van der Waals surface area contributed by atoms with Crippen molar-refractivity contribution in [2.45, 2.75) is 50.5 Å². The van der Waals surface area contributed by atoms with Crippen LogP contribution in [0.2, 0.25) is 0 Å². The van der Waals surface area contributed by atoms with Gasteiger partial charge in [0.25, 0.3) is 0 Å². The van der Waals surface area contributed by atoms with Gasteiger partial charge in [-0.15, -0.1) is 0 Å². The van der Waals surface area contributed by atoms with Crippen molar-refractivity contribution < 1.29 is 4.74 Å². The Hall–Kier alpha value is -3.25. The lowest BCUT2D eigenvalue weighted by Gasteiger charge is -2.12. The number of aromatic nitrogens is 4. The van der Waals surface area contributed by atoms with Gasteiger partial charge in [-0.3, -0.25) is 10.1 Å². The first kappa shape index (κ1) is 19.4. The number of methoxy groups -OCH3 is 1. The molecule has 0 bridgehead atoms. The molecule has 32 heavy (non-hydrogen) atoms. The van der Waals surface area contributed by atoms with Crippen LogP contribution in [0.4, 0.5) is 0 Å². The number of aromatic amines is 1. The zero-order chi connectivity index (χ0) is 21.7. The van der Waals surface area contributed by atoms with Crippen LogP contribution >= 0.6 is 0 Å². The maximum Gasteiger partial charge on any atom is 0.147 e. The highest BCUT2D eigenvalue weighted by atomic mass is 16.5. The van der Waals surface area contributed by atoms with E-state index in [-0.39, 0.29) is 0 Å². The second kappa shape index (κ2) is 7.71. The van der Waals surface area contributed by atoms with Crippen molar-refractivity contribution in [3.05, 3.63) is 59.4 Å². The average molecular weight is 426 g/mol. The van der Waals surface area contributed by atoms with Crippen LogP contribution in [0.25, 0.3) is 33.5 Å². The molecule has 1 fully saturated rings. The Balaban J connectivity index is 1.43. The minimum atomic E-state index is 0.300. The average Bonchev–Trinajstić information content (AvgIpc) is 3.57. The molecule has 3 heterocycles. The molecule has 4 aromatic rings. The molecule has 6 nitrogen and oxygen atoms in total. The summed E-state index contributed by atoms with van der Waals surface area (Å²) < 4.78 is 5.73. The van der Waals surface area contributed by atoms with E-state index in [1.54, 1.807) is 7.11 Å². The van der Waals surface area contributed by atoms with E-state index in [1.807, 2.05) is 12.3 Å². The molecule has 0 amide bonds. The second-order valence-electron chi connectivity index (χ2n) is 9.05. The molecule has 0 aliphatic heterocycles. The van der Waals surface area contributed by atoms with Crippen molar-refractivity contribution in [2.75, 3.05) is 7.11 Å². The van der Waals surface area contributed by atoms with Gasteiger partial charge in [-0.25, -0.2) is 4.98 Å². The van der Waals surface area contributed by atoms with Crippen molar-refractivity contribution in [3.63, 3.8) is 0 Å². The van der Waals surface area contributed by atoms with E-state index in [9.17, 15) is 0 Å². The molecule has 162 valence electrons. The molecule has 6 rings (SSSR count). The summed E-state index contributed by atoms with van der Waals surface area (Å²) in [6.07, 6.45) is 8.54. The van der Waals surface area contributed by atoms with Gasteiger partial charge in [0, 0.05) is 41.0 Å². The highest BCUT2D eigenvalue weighted by molar-refractivity contribution is 5.93. The summed E-state index contributed by atoms with van der Waals surface area (Å²) in [6, 6.07) is 13.0. The third kappa shape index (κ3) is 3.17. The number of pyridine rings is 2. The number of hydrogen-bond acceptors (Lipinski definition) is 5. The number of fused-ring (bicyclic) bond motifs is 2. The van der Waals surface area contributed by atoms with E-state index in [0.29, 0.717) is 12.0 Å². The van der Waals surface area contributed by atoms with Crippen LogP contribution in [0, 0.1) is 0 Å². The molecule has 6 heteroatoms. The van der Waals surface area contributed by atoms with Crippen LogP contribution in [0.1, 0.15) is 48.4 Å². The standard InChI is InChI=1S/C26H27N5O/c1-32-23-13-22-26(29-25(23)20-7-3-5-15-4-2-6-19(15)20)24(31-30-22)17-9-11-21(28-14-17)16-8-10-18(27)12-16/h3,5,7,9,11,13-14,16,18H,2,4,6,8,10,12,27H2,1H3,(H,30,31). The van der Waals surface area contributed by atoms with Crippen molar-refractivity contribution >= 4 is 11.0 Å². The van der Waals surface area contributed by atoms with E-state index in [2.05, 4.69) is 40.5 Å². The predicted octanol–water partition coefficient (Wildman–Crippen LogP) is 4.78. The molecular weight excluding hydrogens is 398 g/mol. The van der Waals surface area contributed by atoms with Gasteiger partial charge in [0.2, 0.25) is 0 Å². The Morgan fingerprint density at radius 1 is 1.09 bits per heavy atom. The second-order valence-corrected chi connectivity index (χ2v) is 9.05. The van der Waals surface area contributed by atoms with Gasteiger partial charge in [-0.2, -0.15) is 5.10 Å². The first-order chi connectivity index (χ1) is 15.7. The van der Waals surface area contributed by atoms with Gasteiger partial charge >= 0.3 is 0 Å². The van der Waals surface area contributed by atoms with E-state index < -0.39 is 0 Å². The zero-order valence-corrected chi connectivity index (χ0v) is 18.3. The summed E-state index contributed by atoms with van der Waals surface area (Å²) in [7, 11) is 1.70. The molecule has 3 aromatic heterocycles. The lowest BCUT2D eigenvalue weighted by atomic mass is 9.99. The molecule has 1 aromatic carbocycles. The Labute approximate surface area is 187 Å². The van der Waals surface area contributed by atoms with Crippen molar-refractivity contribution in [1.82, 2.24) is 20.2 Å². The Kier molecular flexibility index (Phi) is 4.68. The number of nitrogens with zero attached hydrogens (tertiary/aromatic N) is 3. The molecule has 2 unspecified atom stereocenters. The van der Waals surface area contributed by atoms with Crippen LogP contribution in [-0.4, -0.2) is 33.3 Å². The molecule has 0 saturated heterocycles. The molecule has 2 aliphatic rings. The molecule has 3 N–H and O–H groups in total. The van der Waals surface area contributed by atoms with Crippen molar-refractivity contribution in [3.8, 4) is 28.3 Å². The maximum atomic E-state index is 6.09. The summed E-state index contributed by atoms with van der Waals surface area (Å²) in [4.78, 5) is 9.83. The van der Waals surface area contributed by atoms with E-state index in [4.69, 9.17) is 20.4 Å². The van der Waals surface area contributed by atoms with Gasteiger partial charge in [-0.1, -0.05) is 18.2 Å². The van der Waals surface area contributed by atoms with Crippen LogP contribution < -0.4 is 10.5 Å². The lowest BCUT2D eigenvalue weighted by molar-refractivity contribution is 0.415. The summed E-state index contributed by atoms with van der Waals surface area (Å²) in [5, 5.41) is 7.72. The van der Waals surface area contributed by atoms with Crippen LogP contribution in [0.15, 0.2) is 42.6 Å². The van der Waals surface area contributed by atoms with Gasteiger partial charge in [0.15, 0.2) is 0 Å². The summed E-state index contributed by atoms with van der Waals surface area (Å²) in [5.74, 6) is 1.23. The zero-order valence-electron chi connectivity index (χ0n) is 18.3. The first-order valence-electron chi connectivity index (χ1n) is 11.5. The SMILES string of the molecule is COc1cc2[nH]nc(-c3ccc(C4CCC(N)C4)nc3)c2nc1-c1cccc2c1CCC2. The summed E-state index contributed by atoms with van der Waals surface area (Å²) in [6.45, 7) is 0. The van der Waals surface area contributed by atoms with Crippen molar-refractivity contribution in [1.29, 1.82) is 0 Å². The third-order valence-electron chi connectivity index (χ3n) is 7.07. The maximum absolute atomic E-state index is 6.09. The van der Waals surface area contributed by atoms with Gasteiger partial charge in [-0.05, 0) is 61.8 Å². The highest BCUT2D eigenvalue weighted by Crippen LogP contribution is 2.39. The number of nitrogens with one attached hydrogen (secondary N) is 1. The number of hydrogen-bond donors (Lipinski definition) is 2. The van der Waals surface area contributed by atoms with Crippen LogP contribution in [-0.2, 0) is 12.8 Å². The van der Waals surface area contributed by atoms with Gasteiger partial charge < -0.3 is 10.5 Å². The minimum Gasteiger partial charge on any atom is -0.494 e. The predicted molar refractivity (Wildman–Crippen MR) is 126 cm³/mol.